The topological polar surface area (TPSA) is 112 Å². The lowest BCUT2D eigenvalue weighted by molar-refractivity contribution is 0.0449. The molecule has 0 bridgehead atoms. The van der Waals surface area contributed by atoms with Crippen LogP contribution in [0.3, 0.4) is 0 Å². The van der Waals surface area contributed by atoms with Crippen molar-refractivity contribution in [2.45, 2.75) is 13.5 Å². The third-order valence-corrected chi connectivity index (χ3v) is 4.61. The van der Waals surface area contributed by atoms with Gasteiger partial charge in [-0.05, 0) is 25.1 Å². The Bertz CT molecular complexity index is 888. The number of hydrogen-bond acceptors (Lipinski definition) is 8. The number of nitrogens with two attached hydrogens (primary N) is 1. The van der Waals surface area contributed by atoms with Gasteiger partial charge < -0.3 is 19.9 Å². The second-order valence-corrected chi connectivity index (χ2v) is 6.39. The number of nitriles is 1. The van der Waals surface area contributed by atoms with Gasteiger partial charge in [-0.1, -0.05) is 11.6 Å². The number of halogens is 1. The molecular weight excluding hydrogens is 380 g/mol. The summed E-state index contributed by atoms with van der Waals surface area (Å²) < 4.78 is 15.3. The van der Waals surface area contributed by atoms with E-state index in [-0.39, 0.29) is 45.5 Å². The van der Waals surface area contributed by atoms with Crippen LogP contribution in [0.5, 0.6) is 5.75 Å². The monoisotopic (exact) mass is 394 g/mol. The minimum Gasteiger partial charge on any atom is -0.496 e. The molecule has 0 amide bonds. The van der Waals surface area contributed by atoms with E-state index in [1.165, 1.54) is 19.2 Å². The molecule has 1 heterocycles. The summed E-state index contributed by atoms with van der Waals surface area (Å²) in [6, 6.07) is 6.43. The number of thiophene rings is 1. The molecule has 0 saturated heterocycles. The summed E-state index contributed by atoms with van der Waals surface area (Å²) in [6.45, 7) is 1.50. The maximum Gasteiger partial charge on any atom is 0.348 e. The molecule has 0 saturated carbocycles. The Hall–Kier alpha value is -2.76. The zero-order chi connectivity index (χ0) is 19.3. The lowest BCUT2D eigenvalue weighted by Gasteiger charge is -2.10. The van der Waals surface area contributed by atoms with Gasteiger partial charge in [-0.15, -0.1) is 11.3 Å². The molecule has 0 radical (unpaired) electrons. The third kappa shape index (κ3) is 4.07. The van der Waals surface area contributed by atoms with Crippen molar-refractivity contribution in [2.75, 3.05) is 19.5 Å². The van der Waals surface area contributed by atoms with E-state index >= 15 is 0 Å². The quantitative estimate of drug-likeness (QED) is 0.747. The highest BCUT2D eigenvalue weighted by molar-refractivity contribution is 7.18. The number of esters is 2. The first-order valence-corrected chi connectivity index (χ1v) is 8.61. The fourth-order valence-electron chi connectivity index (χ4n) is 2.16. The maximum atomic E-state index is 12.4. The summed E-state index contributed by atoms with van der Waals surface area (Å²) in [6.07, 6.45) is 0. The minimum atomic E-state index is -0.715. The fourth-order valence-corrected chi connectivity index (χ4v) is 3.25. The number of rotatable bonds is 6. The average molecular weight is 395 g/mol. The van der Waals surface area contributed by atoms with Crippen LogP contribution >= 0.6 is 22.9 Å². The first-order chi connectivity index (χ1) is 12.4. The van der Waals surface area contributed by atoms with Crippen LogP contribution in [0.25, 0.3) is 0 Å². The predicted octanol–water partition coefficient (Wildman–Crippen LogP) is 3.40. The number of ether oxygens (including phenoxy) is 3. The standard InChI is InChI=1S/C17H15ClN2O5S/c1-3-24-17(22)14-12(11(7-19)15(20)26-14)8-25-16(21)10-6-9(18)4-5-13(10)23-2/h4-6H,3,8,20H2,1-2H3. The summed E-state index contributed by atoms with van der Waals surface area (Å²) in [5, 5.41) is 9.76. The van der Waals surface area contributed by atoms with Gasteiger partial charge in [0, 0.05) is 10.6 Å². The molecule has 0 unspecified atom stereocenters. The molecule has 0 spiro atoms. The van der Waals surface area contributed by atoms with Gasteiger partial charge in [-0.25, -0.2) is 9.59 Å². The van der Waals surface area contributed by atoms with Gasteiger partial charge in [0.25, 0.3) is 0 Å². The Kier molecular flexibility index (Phi) is 6.44. The molecule has 26 heavy (non-hydrogen) atoms. The fraction of sp³-hybridized carbons (Fsp3) is 0.235. The minimum absolute atomic E-state index is 0.0870. The van der Waals surface area contributed by atoms with Crippen LogP contribution in [-0.4, -0.2) is 25.7 Å². The van der Waals surface area contributed by atoms with E-state index in [1.807, 2.05) is 6.07 Å². The van der Waals surface area contributed by atoms with Crippen LogP contribution in [0.4, 0.5) is 5.00 Å². The number of nitrogens with zero attached hydrogens (tertiary/aromatic N) is 1. The normalized spacial score (nSPS) is 10.1. The van der Waals surface area contributed by atoms with E-state index in [2.05, 4.69) is 0 Å². The number of anilines is 1. The van der Waals surface area contributed by atoms with Crippen LogP contribution < -0.4 is 10.5 Å². The molecule has 2 rings (SSSR count). The van der Waals surface area contributed by atoms with Crippen molar-refractivity contribution in [1.29, 1.82) is 5.26 Å². The molecule has 9 heteroatoms. The molecule has 136 valence electrons. The van der Waals surface area contributed by atoms with Gasteiger partial charge in [0.15, 0.2) is 0 Å². The number of carbonyl (C=O) groups is 2. The van der Waals surface area contributed by atoms with E-state index in [0.29, 0.717) is 5.02 Å². The second kappa shape index (κ2) is 8.56. The summed E-state index contributed by atoms with van der Waals surface area (Å²) in [5.74, 6) is -1.06. The number of nitrogen functional groups attached to an aromatic ring is 1. The molecule has 0 aliphatic heterocycles. The number of hydrogen-bond donors (Lipinski definition) is 1. The number of methoxy groups -OCH3 is 1. The lowest BCUT2D eigenvalue weighted by atomic mass is 10.1. The molecule has 0 aliphatic carbocycles. The molecule has 2 aromatic rings. The molecule has 2 N–H and O–H groups in total. The van der Waals surface area contributed by atoms with E-state index in [9.17, 15) is 14.9 Å². The molecule has 0 atom stereocenters. The van der Waals surface area contributed by atoms with Crippen LogP contribution in [0.1, 0.15) is 38.1 Å². The van der Waals surface area contributed by atoms with E-state index in [0.717, 1.165) is 11.3 Å². The summed E-state index contributed by atoms with van der Waals surface area (Å²) in [5.41, 5.74) is 6.20. The van der Waals surface area contributed by atoms with Gasteiger partial charge in [-0.3, -0.25) is 0 Å². The Morgan fingerprint density at radius 3 is 2.65 bits per heavy atom. The van der Waals surface area contributed by atoms with E-state index in [4.69, 9.17) is 31.5 Å². The highest BCUT2D eigenvalue weighted by Gasteiger charge is 2.24. The first-order valence-electron chi connectivity index (χ1n) is 7.41. The van der Waals surface area contributed by atoms with E-state index < -0.39 is 11.9 Å². The SMILES string of the molecule is CCOC(=O)c1sc(N)c(C#N)c1COC(=O)c1cc(Cl)ccc1OC. The van der Waals surface area contributed by atoms with Crippen molar-refractivity contribution in [1.82, 2.24) is 0 Å². The average Bonchev–Trinajstić information content (AvgIpc) is 2.95. The molecular formula is C17H15ClN2O5S. The molecule has 0 aliphatic rings. The van der Waals surface area contributed by atoms with E-state index in [1.54, 1.807) is 13.0 Å². The van der Waals surface area contributed by atoms with Crippen LogP contribution in [-0.2, 0) is 16.1 Å². The van der Waals surface area contributed by atoms with Gasteiger partial charge in [0.2, 0.25) is 0 Å². The summed E-state index contributed by atoms with van der Waals surface area (Å²) >= 11 is 6.82. The lowest BCUT2D eigenvalue weighted by Crippen LogP contribution is -2.11. The summed E-state index contributed by atoms with van der Waals surface area (Å²) in [4.78, 5) is 24.6. The predicted molar refractivity (Wildman–Crippen MR) is 96.5 cm³/mol. The Morgan fingerprint density at radius 1 is 1.31 bits per heavy atom. The van der Waals surface area contributed by atoms with Crippen molar-refractivity contribution in [3.05, 3.63) is 44.8 Å². The molecule has 1 aromatic carbocycles. The smallest absolute Gasteiger partial charge is 0.348 e. The highest BCUT2D eigenvalue weighted by Crippen LogP contribution is 2.32. The molecule has 7 nitrogen and oxygen atoms in total. The molecule has 1 aromatic heterocycles. The zero-order valence-electron chi connectivity index (χ0n) is 14.0. The van der Waals surface area contributed by atoms with Crippen molar-refractivity contribution in [2.24, 2.45) is 0 Å². The largest absolute Gasteiger partial charge is 0.496 e. The molecule has 0 fully saturated rings. The van der Waals surface area contributed by atoms with Gasteiger partial charge in [0.05, 0.1) is 19.3 Å². The van der Waals surface area contributed by atoms with Crippen molar-refractivity contribution in [3.8, 4) is 11.8 Å². The van der Waals surface area contributed by atoms with Crippen LogP contribution in [0.2, 0.25) is 5.02 Å². The Labute approximate surface area is 158 Å². The Balaban J connectivity index is 2.29. The first kappa shape index (κ1) is 19.6. The van der Waals surface area contributed by atoms with Gasteiger partial charge in [0.1, 0.15) is 33.9 Å². The summed E-state index contributed by atoms with van der Waals surface area (Å²) in [7, 11) is 1.41. The third-order valence-electron chi connectivity index (χ3n) is 3.34. The van der Waals surface area contributed by atoms with Crippen molar-refractivity contribution >= 4 is 39.9 Å². The van der Waals surface area contributed by atoms with Crippen molar-refractivity contribution < 1.29 is 23.8 Å². The highest BCUT2D eigenvalue weighted by atomic mass is 35.5. The van der Waals surface area contributed by atoms with Crippen LogP contribution in [0.15, 0.2) is 18.2 Å². The van der Waals surface area contributed by atoms with Gasteiger partial charge in [-0.2, -0.15) is 5.26 Å². The van der Waals surface area contributed by atoms with Crippen molar-refractivity contribution in [3.63, 3.8) is 0 Å². The Morgan fingerprint density at radius 2 is 2.04 bits per heavy atom. The van der Waals surface area contributed by atoms with Gasteiger partial charge >= 0.3 is 11.9 Å². The maximum absolute atomic E-state index is 12.4. The van der Waals surface area contributed by atoms with Crippen LogP contribution in [0, 0.1) is 11.3 Å². The number of carbonyl (C=O) groups excluding carboxylic acids is 2. The number of benzene rings is 1. The second-order valence-electron chi connectivity index (χ2n) is 4.90. The zero-order valence-corrected chi connectivity index (χ0v) is 15.6.